The minimum Gasteiger partial charge on any atom is -0.367 e. The van der Waals surface area contributed by atoms with Gasteiger partial charge >= 0.3 is 0 Å². The summed E-state index contributed by atoms with van der Waals surface area (Å²) in [5, 5.41) is 9.36. The molecule has 2 atom stereocenters. The molecule has 1 saturated heterocycles. The maximum absolute atomic E-state index is 9.11. The first-order valence-electron chi connectivity index (χ1n) is 3.22. The zero-order valence-electron chi connectivity index (χ0n) is 5.54. The second-order valence-corrected chi connectivity index (χ2v) is 3.68. The van der Waals surface area contributed by atoms with E-state index in [1.807, 2.05) is 6.92 Å². The highest BCUT2D eigenvalue weighted by Crippen LogP contribution is 2.19. The van der Waals surface area contributed by atoms with E-state index in [4.69, 9.17) is 9.84 Å². The summed E-state index contributed by atoms with van der Waals surface area (Å²) in [5.74, 6) is 1.11. The van der Waals surface area contributed by atoms with Gasteiger partial charge in [-0.25, -0.2) is 0 Å². The van der Waals surface area contributed by atoms with Crippen molar-refractivity contribution in [3.05, 3.63) is 0 Å². The van der Waals surface area contributed by atoms with Crippen molar-refractivity contribution >= 4 is 11.8 Å². The third-order valence-corrected chi connectivity index (χ3v) is 2.64. The van der Waals surface area contributed by atoms with Crippen molar-refractivity contribution in [2.24, 2.45) is 0 Å². The van der Waals surface area contributed by atoms with Crippen molar-refractivity contribution < 1.29 is 9.84 Å². The Balaban J connectivity index is 2.32. The SMILES string of the molecule is CC1SCCCOC1O. The molecule has 0 aromatic carbocycles. The molecule has 0 spiro atoms. The molecule has 3 heteroatoms. The summed E-state index contributed by atoms with van der Waals surface area (Å²) in [4.78, 5) is 0. The van der Waals surface area contributed by atoms with Crippen molar-refractivity contribution in [2.45, 2.75) is 24.9 Å². The van der Waals surface area contributed by atoms with Gasteiger partial charge < -0.3 is 9.84 Å². The summed E-state index contributed by atoms with van der Waals surface area (Å²) >= 11 is 1.77. The van der Waals surface area contributed by atoms with Gasteiger partial charge in [0.05, 0.1) is 11.9 Å². The van der Waals surface area contributed by atoms with Crippen LogP contribution < -0.4 is 0 Å². The highest BCUT2D eigenvalue weighted by molar-refractivity contribution is 7.99. The molecule has 1 fully saturated rings. The molecule has 2 nitrogen and oxygen atoms in total. The summed E-state index contributed by atoms with van der Waals surface area (Å²) in [7, 11) is 0. The maximum Gasteiger partial charge on any atom is 0.166 e. The number of ether oxygens (including phenoxy) is 1. The first-order chi connectivity index (χ1) is 4.30. The summed E-state index contributed by atoms with van der Waals surface area (Å²) in [6.45, 7) is 2.69. The average molecular weight is 148 g/mol. The normalized spacial score (nSPS) is 38.0. The molecule has 0 saturated carbocycles. The topological polar surface area (TPSA) is 29.5 Å². The number of rotatable bonds is 0. The van der Waals surface area contributed by atoms with Crippen LogP contribution in [-0.4, -0.2) is 29.0 Å². The van der Waals surface area contributed by atoms with E-state index in [0.717, 1.165) is 12.2 Å². The molecule has 1 N–H and O–H groups in total. The van der Waals surface area contributed by atoms with Crippen LogP contribution in [-0.2, 0) is 4.74 Å². The second kappa shape index (κ2) is 3.44. The third kappa shape index (κ3) is 2.16. The average Bonchev–Trinajstić information content (AvgIpc) is 1.99. The van der Waals surface area contributed by atoms with Crippen molar-refractivity contribution in [3.63, 3.8) is 0 Å². The Kier molecular flexibility index (Phi) is 2.82. The van der Waals surface area contributed by atoms with Crippen LogP contribution in [0.4, 0.5) is 0 Å². The van der Waals surface area contributed by atoms with E-state index in [0.29, 0.717) is 6.61 Å². The molecule has 54 valence electrons. The van der Waals surface area contributed by atoms with E-state index < -0.39 is 6.29 Å². The highest BCUT2D eigenvalue weighted by atomic mass is 32.2. The molecule has 1 rings (SSSR count). The quantitative estimate of drug-likeness (QED) is 0.552. The van der Waals surface area contributed by atoms with Gasteiger partial charge in [-0.3, -0.25) is 0 Å². The van der Waals surface area contributed by atoms with Gasteiger partial charge in [-0.05, 0) is 19.1 Å². The number of hydrogen-bond donors (Lipinski definition) is 1. The Bertz CT molecular complexity index is 77.1. The van der Waals surface area contributed by atoms with E-state index in [2.05, 4.69) is 0 Å². The van der Waals surface area contributed by atoms with Crippen LogP contribution in [0, 0.1) is 0 Å². The molecule has 0 aromatic heterocycles. The van der Waals surface area contributed by atoms with Crippen molar-refractivity contribution in [2.75, 3.05) is 12.4 Å². The summed E-state index contributed by atoms with van der Waals surface area (Å²) in [6.07, 6.45) is 0.518. The monoisotopic (exact) mass is 148 g/mol. The van der Waals surface area contributed by atoms with Gasteiger partial charge in [0.15, 0.2) is 6.29 Å². The fourth-order valence-corrected chi connectivity index (χ4v) is 1.65. The molecule has 1 aliphatic heterocycles. The smallest absolute Gasteiger partial charge is 0.166 e. The van der Waals surface area contributed by atoms with Gasteiger partial charge in [0.1, 0.15) is 0 Å². The minimum atomic E-state index is -0.544. The lowest BCUT2D eigenvalue weighted by Crippen LogP contribution is -2.21. The van der Waals surface area contributed by atoms with Gasteiger partial charge in [0.25, 0.3) is 0 Å². The van der Waals surface area contributed by atoms with Gasteiger partial charge in [0.2, 0.25) is 0 Å². The molecule has 9 heavy (non-hydrogen) atoms. The molecule has 0 aliphatic carbocycles. The maximum atomic E-state index is 9.11. The van der Waals surface area contributed by atoms with Gasteiger partial charge in [-0.15, -0.1) is 0 Å². The number of aliphatic hydroxyl groups excluding tert-OH is 1. The fourth-order valence-electron chi connectivity index (χ4n) is 0.750. The fraction of sp³-hybridized carbons (Fsp3) is 1.00. The standard InChI is InChI=1S/C6H12O2S/c1-5-6(7)8-3-2-4-9-5/h5-7H,2-4H2,1H3. The van der Waals surface area contributed by atoms with Crippen LogP contribution in [0.2, 0.25) is 0 Å². The molecule has 0 aromatic rings. The van der Waals surface area contributed by atoms with E-state index >= 15 is 0 Å². The molecular formula is C6H12O2S. The van der Waals surface area contributed by atoms with E-state index in [1.165, 1.54) is 0 Å². The molecule has 0 bridgehead atoms. The molecular weight excluding hydrogens is 136 g/mol. The molecule has 1 aliphatic rings. The van der Waals surface area contributed by atoms with E-state index in [-0.39, 0.29) is 5.25 Å². The first-order valence-corrected chi connectivity index (χ1v) is 4.27. The number of aliphatic hydroxyl groups is 1. The molecule has 0 amide bonds. The van der Waals surface area contributed by atoms with Crippen LogP contribution in [0.25, 0.3) is 0 Å². The lowest BCUT2D eigenvalue weighted by Gasteiger charge is -2.13. The van der Waals surface area contributed by atoms with Crippen LogP contribution in [0.15, 0.2) is 0 Å². The van der Waals surface area contributed by atoms with Gasteiger partial charge in [0, 0.05) is 0 Å². The lowest BCUT2D eigenvalue weighted by molar-refractivity contribution is -0.0932. The largest absolute Gasteiger partial charge is 0.367 e. The Labute approximate surface area is 59.6 Å². The summed E-state index contributed by atoms with van der Waals surface area (Å²) in [6, 6.07) is 0. The first kappa shape index (κ1) is 7.38. The van der Waals surface area contributed by atoms with E-state index in [1.54, 1.807) is 11.8 Å². The second-order valence-electron chi connectivity index (χ2n) is 2.19. The Morgan fingerprint density at radius 1 is 1.67 bits per heavy atom. The van der Waals surface area contributed by atoms with Crippen molar-refractivity contribution in [3.8, 4) is 0 Å². The molecule has 2 unspecified atom stereocenters. The predicted octanol–water partition coefficient (Wildman–Crippen LogP) is 0.847. The molecule has 0 radical (unpaired) electrons. The third-order valence-electron chi connectivity index (χ3n) is 1.36. The predicted molar refractivity (Wildman–Crippen MR) is 38.5 cm³/mol. The highest BCUT2D eigenvalue weighted by Gasteiger charge is 2.17. The van der Waals surface area contributed by atoms with Crippen LogP contribution in [0.5, 0.6) is 0 Å². The van der Waals surface area contributed by atoms with Crippen molar-refractivity contribution in [1.29, 1.82) is 0 Å². The van der Waals surface area contributed by atoms with Crippen molar-refractivity contribution in [1.82, 2.24) is 0 Å². The summed E-state index contributed by atoms with van der Waals surface area (Å²) in [5.41, 5.74) is 0. The van der Waals surface area contributed by atoms with Gasteiger partial charge in [-0.2, -0.15) is 11.8 Å². The Morgan fingerprint density at radius 2 is 2.44 bits per heavy atom. The number of hydrogen-bond acceptors (Lipinski definition) is 3. The van der Waals surface area contributed by atoms with Crippen LogP contribution >= 0.6 is 11.8 Å². The van der Waals surface area contributed by atoms with Gasteiger partial charge in [-0.1, -0.05) is 0 Å². The number of thioether (sulfide) groups is 1. The summed E-state index contributed by atoms with van der Waals surface area (Å²) < 4.78 is 5.05. The minimum absolute atomic E-state index is 0.243. The zero-order valence-corrected chi connectivity index (χ0v) is 6.36. The van der Waals surface area contributed by atoms with Crippen LogP contribution in [0.3, 0.4) is 0 Å². The lowest BCUT2D eigenvalue weighted by atomic mass is 10.4. The van der Waals surface area contributed by atoms with Crippen LogP contribution in [0.1, 0.15) is 13.3 Å². The molecule has 1 heterocycles. The zero-order chi connectivity index (χ0) is 6.69. The Hall–Kier alpha value is 0.270. The van der Waals surface area contributed by atoms with E-state index in [9.17, 15) is 0 Å². The Morgan fingerprint density at radius 3 is 3.22 bits per heavy atom.